The second-order valence-corrected chi connectivity index (χ2v) is 4.85. The second-order valence-electron chi connectivity index (χ2n) is 4.33. The van der Waals surface area contributed by atoms with Gasteiger partial charge in [0.2, 0.25) is 0 Å². The van der Waals surface area contributed by atoms with Crippen molar-refractivity contribution >= 4 is 28.2 Å². The molecule has 2 N–H and O–H groups in total. The molecule has 2 aromatic heterocycles. The quantitative estimate of drug-likeness (QED) is 0.751. The van der Waals surface area contributed by atoms with E-state index >= 15 is 0 Å². The molecule has 3 rings (SSSR count). The summed E-state index contributed by atoms with van der Waals surface area (Å²) in [5.41, 5.74) is 7.33. The lowest BCUT2D eigenvalue weighted by atomic mass is 10.3. The summed E-state index contributed by atoms with van der Waals surface area (Å²) in [6.07, 6.45) is 1.54. The van der Waals surface area contributed by atoms with Gasteiger partial charge in [-0.1, -0.05) is 24.4 Å². The maximum Gasteiger partial charge on any atom is 0.141 e. The SMILES string of the molecule is NC(=S)Cc1nc2ccccc2n1-c1ccc(F)cn1. The lowest BCUT2D eigenvalue weighted by Crippen LogP contribution is -2.15. The first-order valence-electron chi connectivity index (χ1n) is 6.02. The fourth-order valence-electron chi connectivity index (χ4n) is 2.11. The first kappa shape index (κ1) is 12.7. The van der Waals surface area contributed by atoms with E-state index < -0.39 is 0 Å². The molecule has 2 heterocycles. The summed E-state index contributed by atoms with van der Waals surface area (Å²) < 4.78 is 14.9. The lowest BCUT2D eigenvalue weighted by molar-refractivity contribution is 0.620. The summed E-state index contributed by atoms with van der Waals surface area (Å²) in [5.74, 6) is 0.901. The van der Waals surface area contributed by atoms with Gasteiger partial charge in [0, 0.05) is 0 Å². The molecule has 0 aliphatic rings. The van der Waals surface area contributed by atoms with Gasteiger partial charge in [-0.05, 0) is 24.3 Å². The number of fused-ring (bicyclic) bond motifs is 1. The molecule has 0 saturated heterocycles. The summed E-state index contributed by atoms with van der Waals surface area (Å²) in [4.78, 5) is 8.97. The van der Waals surface area contributed by atoms with Gasteiger partial charge in [-0.2, -0.15) is 0 Å². The number of nitrogens with zero attached hydrogens (tertiary/aromatic N) is 3. The molecule has 0 aliphatic carbocycles. The zero-order valence-electron chi connectivity index (χ0n) is 10.5. The van der Waals surface area contributed by atoms with E-state index in [0.29, 0.717) is 23.1 Å². The van der Waals surface area contributed by atoms with Gasteiger partial charge in [0.05, 0.1) is 28.6 Å². The maximum atomic E-state index is 13.0. The molecule has 4 nitrogen and oxygen atoms in total. The van der Waals surface area contributed by atoms with Crippen LogP contribution in [0.15, 0.2) is 42.6 Å². The van der Waals surface area contributed by atoms with Crippen LogP contribution >= 0.6 is 12.2 Å². The molecule has 100 valence electrons. The van der Waals surface area contributed by atoms with Crippen molar-refractivity contribution in [1.82, 2.24) is 14.5 Å². The smallest absolute Gasteiger partial charge is 0.141 e. The van der Waals surface area contributed by atoms with Crippen molar-refractivity contribution in [3.8, 4) is 5.82 Å². The molecular formula is C14H11FN4S. The van der Waals surface area contributed by atoms with Crippen LogP contribution in [-0.4, -0.2) is 19.5 Å². The molecule has 0 atom stereocenters. The van der Waals surface area contributed by atoms with E-state index in [-0.39, 0.29) is 5.82 Å². The fraction of sp³-hybridized carbons (Fsp3) is 0.0714. The van der Waals surface area contributed by atoms with Gasteiger partial charge in [0.1, 0.15) is 17.5 Å². The Morgan fingerprint density at radius 1 is 1.25 bits per heavy atom. The number of benzene rings is 1. The molecule has 1 aromatic carbocycles. The summed E-state index contributed by atoms with van der Waals surface area (Å²) in [5, 5.41) is 0. The highest BCUT2D eigenvalue weighted by molar-refractivity contribution is 7.80. The molecule has 0 spiro atoms. The molecule has 0 saturated carbocycles. The number of pyridine rings is 1. The number of halogens is 1. The largest absolute Gasteiger partial charge is 0.393 e. The minimum absolute atomic E-state index is 0.351. The third-order valence-corrected chi connectivity index (χ3v) is 3.05. The fourth-order valence-corrected chi connectivity index (χ4v) is 2.24. The molecule has 0 radical (unpaired) electrons. The zero-order valence-corrected chi connectivity index (χ0v) is 11.3. The van der Waals surface area contributed by atoms with Crippen molar-refractivity contribution in [2.45, 2.75) is 6.42 Å². The molecule has 0 unspecified atom stereocenters. The van der Waals surface area contributed by atoms with Crippen molar-refractivity contribution in [2.24, 2.45) is 5.73 Å². The van der Waals surface area contributed by atoms with E-state index in [1.165, 1.54) is 12.3 Å². The van der Waals surface area contributed by atoms with Crippen molar-refractivity contribution in [3.05, 3.63) is 54.2 Å². The molecule has 6 heteroatoms. The summed E-state index contributed by atoms with van der Waals surface area (Å²) in [6.45, 7) is 0. The molecule has 20 heavy (non-hydrogen) atoms. The van der Waals surface area contributed by atoms with Crippen LogP contribution in [0.5, 0.6) is 0 Å². The van der Waals surface area contributed by atoms with Crippen LogP contribution in [-0.2, 0) is 6.42 Å². The van der Waals surface area contributed by atoms with Crippen LogP contribution in [0.25, 0.3) is 16.9 Å². The van der Waals surface area contributed by atoms with E-state index in [0.717, 1.165) is 11.0 Å². The van der Waals surface area contributed by atoms with Gasteiger partial charge in [-0.15, -0.1) is 0 Å². The lowest BCUT2D eigenvalue weighted by Gasteiger charge is -2.07. The minimum Gasteiger partial charge on any atom is -0.393 e. The average Bonchev–Trinajstić information content (AvgIpc) is 2.77. The van der Waals surface area contributed by atoms with Gasteiger partial charge < -0.3 is 5.73 Å². The topological polar surface area (TPSA) is 56.7 Å². The number of hydrogen-bond acceptors (Lipinski definition) is 3. The Morgan fingerprint density at radius 3 is 2.75 bits per heavy atom. The zero-order chi connectivity index (χ0) is 14.1. The summed E-state index contributed by atoms with van der Waals surface area (Å²) >= 11 is 4.96. The van der Waals surface area contributed by atoms with E-state index in [1.54, 1.807) is 6.07 Å². The van der Waals surface area contributed by atoms with Crippen LogP contribution in [0.4, 0.5) is 4.39 Å². The number of thiocarbonyl (C=S) groups is 1. The van der Waals surface area contributed by atoms with Gasteiger partial charge in [-0.25, -0.2) is 14.4 Å². The number of imidazole rings is 1. The van der Waals surface area contributed by atoms with Gasteiger partial charge in [0.15, 0.2) is 0 Å². The first-order chi connectivity index (χ1) is 9.65. The molecule has 0 fully saturated rings. The molecule has 0 amide bonds. The standard InChI is InChI=1S/C14H11FN4S/c15-9-5-6-13(17-8-9)19-11-4-2-1-3-10(11)18-14(19)7-12(16)20/h1-6,8H,7H2,(H2,16,20). The van der Waals surface area contributed by atoms with Gasteiger partial charge >= 0.3 is 0 Å². The number of hydrogen-bond donors (Lipinski definition) is 1. The van der Waals surface area contributed by atoms with E-state index in [1.807, 2.05) is 28.8 Å². The van der Waals surface area contributed by atoms with E-state index in [9.17, 15) is 4.39 Å². The summed E-state index contributed by atoms with van der Waals surface area (Å²) in [6, 6.07) is 10.6. The van der Waals surface area contributed by atoms with Crippen molar-refractivity contribution in [1.29, 1.82) is 0 Å². The molecule has 3 aromatic rings. The Hall–Kier alpha value is -2.34. The van der Waals surface area contributed by atoms with Crippen molar-refractivity contribution in [2.75, 3.05) is 0 Å². The second kappa shape index (κ2) is 4.97. The van der Waals surface area contributed by atoms with Crippen molar-refractivity contribution < 1.29 is 4.39 Å². The predicted octanol–water partition coefficient (Wildman–Crippen LogP) is 2.39. The Balaban J connectivity index is 2.25. The first-order valence-corrected chi connectivity index (χ1v) is 6.42. The number of aromatic nitrogens is 3. The van der Waals surface area contributed by atoms with Crippen LogP contribution in [0.3, 0.4) is 0 Å². The minimum atomic E-state index is -0.380. The van der Waals surface area contributed by atoms with Crippen molar-refractivity contribution in [3.63, 3.8) is 0 Å². The van der Waals surface area contributed by atoms with Gasteiger partial charge in [0.25, 0.3) is 0 Å². The van der Waals surface area contributed by atoms with E-state index in [4.69, 9.17) is 18.0 Å². The summed E-state index contributed by atoms with van der Waals surface area (Å²) in [7, 11) is 0. The molecule has 0 bridgehead atoms. The monoisotopic (exact) mass is 286 g/mol. The molecular weight excluding hydrogens is 275 g/mol. The van der Waals surface area contributed by atoms with Crippen LogP contribution in [0, 0.1) is 5.82 Å². The highest BCUT2D eigenvalue weighted by Crippen LogP contribution is 2.20. The highest BCUT2D eigenvalue weighted by Gasteiger charge is 2.13. The third kappa shape index (κ3) is 2.25. The Labute approximate surface area is 120 Å². The van der Waals surface area contributed by atoms with Crippen LogP contribution in [0.1, 0.15) is 5.82 Å². The number of rotatable bonds is 3. The highest BCUT2D eigenvalue weighted by atomic mass is 32.1. The third-order valence-electron chi connectivity index (χ3n) is 2.90. The Kier molecular flexibility index (Phi) is 3.15. The van der Waals surface area contributed by atoms with Crippen LogP contribution < -0.4 is 5.73 Å². The average molecular weight is 286 g/mol. The Morgan fingerprint density at radius 2 is 2.05 bits per heavy atom. The number of nitrogens with two attached hydrogens (primary N) is 1. The molecule has 0 aliphatic heterocycles. The Bertz CT molecular complexity index is 779. The van der Waals surface area contributed by atoms with E-state index in [2.05, 4.69) is 9.97 Å². The normalized spacial score (nSPS) is 10.8. The predicted molar refractivity (Wildman–Crippen MR) is 79.3 cm³/mol. The number of para-hydroxylation sites is 2. The van der Waals surface area contributed by atoms with Crippen LogP contribution in [0.2, 0.25) is 0 Å². The van der Waals surface area contributed by atoms with Gasteiger partial charge in [-0.3, -0.25) is 4.57 Å². The maximum absolute atomic E-state index is 13.0.